The van der Waals surface area contributed by atoms with Crippen molar-refractivity contribution in [2.75, 3.05) is 6.61 Å². The Hall–Kier alpha value is -2.16. The van der Waals surface area contributed by atoms with Crippen LogP contribution in [0.4, 0.5) is 4.39 Å². The predicted molar refractivity (Wildman–Crippen MR) is 81.5 cm³/mol. The Labute approximate surface area is 124 Å². The SMILES string of the molecule is Cc1cc(OCC(=O)c2ccccc2F)ccc1C(C)C. The molecule has 3 heteroatoms. The van der Waals surface area contributed by atoms with Crippen LogP contribution in [0.3, 0.4) is 0 Å². The number of ketones is 1. The van der Waals surface area contributed by atoms with Gasteiger partial charge in [0.15, 0.2) is 6.61 Å². The molecule has 2 aromatic carbocycles. The first kappa shape index (κ1) is 15.2. The van der Waals surface area contributed by atoms with E-state index >= 15 is 0 Å². The Morgan fingerprint density at radius 2 is 1.90 bits per heavy atom. The van der Waals surface area contributed by atoms with Crippen LogP contribution in [-0.4, -0.2) is 12.4 Å². The second-order valence-electron chi connectivity index (χ2n) is 5.36. The molecule has 0 saturated heterocycles. The van der Waals surface area contributed by atoms with E-state index in [1.54, 1.807) is 12.1 Å². The Balaban J connectivity index is 2.05. The topological polar surface area (TPSA) is 26.3 Å². The van der Waals surface area contributed by atoms with E-state index in [2.05, 4.69) is 13.8 Å². The molecule has 0 fully saturated rings. The van der Waals surface area contributed by atoms with E-state index in [-0.39, 0.29) is 18.0 Å². The molecule has 21 heavy (non-hydrogen) atoms. The summed E-state index contributed by atoms with van der Waals surface area (Å²) < 4.78 is 19.0. The fraction of sp³-hybridized carbons (Fsp3) is 0.278. The minimum Gasteiger partial charge on any atom is -0.485 e. The maximum atomic E-state index is 13.5. The zero-order valence-corrected chi connectivity index (χ0v) is 12.5. The van der Waals surface area contributed by atoms with Crippen LogP contribution in [0.15, 0.2) is 42.5 Å². The second-order valence-corrected chi connectivity index (χ2v) is 5.36. The van der Waals surface area contributed by atoms with Gasteiger partial charge in [-0.15, -0.1) is 0 Å². The Kier molecular flexibility index (Phi) is 4.73. The van der Waals surface area contributed by atoms with Crippen molar-refractivity contribution in [3.8, 4) is 5.75 Å². The molecule has 0 N–H and O–H groups in total. The van der Waals surface area contributed by atoms with Crippen molar-refractivity contribution in [1.82, 2.24) is 0 Å². The summed E-state index contributed by atoms with van der Waals surface area (Å²) in [5.41, 5.74) is 2.44. The molecule has 0 spiro atoms. The molecular weight excluding hydrogens is 267 g/mol. The van der Waals surface area contributed by atoms with Gasteiger partial charge < -0.3 is 4.74 Å². The number of carbonyl (C=O) groups excluding carboxylic acids is 1. The maximum Gasteiger partial charge on any atom is 0.203 e. The lowest BCUT2D eigenvalue weighted by atomic mass is 9.98. The quantitative estimate of drug-likeness (QED) is 0.755. The van der Waals surface area contributed by atoms with Gasteiger partial charge in [0.2, 0.25) is 5.78 Å². The Morgan fingerprint density at radius 3 is 2.52 bits per heavy atom. The molecule has 0 heterocycles. The Morgan fingerprint density at radius 1 is 1.19 bits per heavy atom. The highest BCUT2D eigenvalue weighted by molar-refractivity contribution is 5.97. The molecule has 0 saturated carbocycles. The zero-order valence-electron chi connectivity index (χ0n) is 12.5. The van der Waals surface area contributed by atoms with Crippen LogP contribution in [0.1, 0.15) is 41.3 Å². The summed E-state index contributed by atoms with van der Waals surface area (Å²) in [6, 6.07) is 11.7. The molecule has 0 amide bonds. The maximum absolute atomic E-state index is 13.5. The summed E-state index contributed by atoms with van der Waals surface area (Å²) in [5, 5.41) is 0. The predicted octanol–water partition coefficient (Wildman–Crippen LogP) is 4.52. The summed E-state index contributed by atoms with van der Waals surface area (Å²) in [4.78, 5) is 11.9. The number of aryl methyl sites for hydroxylation is 1. The van der Waals surface area contributed by atoms with E-state index in [9.17, 15) is 9.18 Å². The summed E-state index contributed by atoms with van der Waals surface area (Å²) in [5.74, 6) is 0.191. The van der Waals surface area contributed by atoms with Crippen LogP contribution >= 0.6 is 0 Å². The summed E-state index contributed by atoms with van der Waals surface area (Å²) in [6.07, 6.45) is 0. The van der Waals surface area contributed by atoms with Crippen LogP contribution in [0.2, 0.25) is 0 Å². The lowest BCUT2D eigenvalue weighted by molar-refractivity contribution is 0.0917. The molecule has 2 nitrogen and oxygen atoms in total. The first-order chi connectivity index (χ1) is 9.99. The van der Waals surface area contributed by atoms with Gasteiger partial charge in [0, 0.05) is 0 Å². The Bertz CT molecular complexity index is 647. The fourth-order valence-corrected chi connectivity index (χ4v) is 2.30. The smallest absolute Gasteiger partial charge is 0.203 e. The van der Waals surface area contributed by atoms with E-state index in [1.165, 1.54) is 17.7 Å². The molecule has 0 unspecified atom stereocenters. The van der Waals surface area contributed by atoms with Gasteiger partial charge in [0.1, 0.15) is 11.6 Å². The van der Waals surface area contributed by atoms with Gasteiger partial charge in [-0.2, -0.15) is 0 Å². The lowest BCUT2D eigenvalue weighted by Crippen LogP contribution is -2.13. The zero-order chi connectivity index (χ0) is 15.4. The number of hydrogen-bond acceptors (Lipinski definition) is 2. The van der Waals surface area contributed by atoms with Gasteiger partial charge in [0.25, 0.3) is 0 Å². The molecule has 0 bridgehead atoms. The van der Waals surface area contributed by atoms with Crippen molar-refractivity contribution in [1.29, 1.82) is 0 Å². The van der Waals surface area contributed by atoms with Crippen molar-refractivity contribution < 1.29 is 13.9 Å². The molecule has 0 aliphatic heterocycles. The molecule has 2 aromatic rings. The van der Waals surface area contributed by atoms with Crippen molar-refractivity contribution in [3.63, 3.8) is 0 Å². The third-order valence-corrected chi connectivity index (χ3v) is 3.41. The number of benzene rings is 2. The van der Waals surface area contributed by atoms with Crippen molar-refractivity contribution in [3.05, 3.63) is 65.0 Å². The van der Waals surface area contributed by atoms with Crippen LogP contribution in [0.25, 0.3) is 0 Å². The van der Waals surface area contributed by atoms with Gasteiger partial charge in [-0.3, -0.25) is 4.79 Å². The summed E-state index contributed by atoms with van der Waals surface area (Å²) >= 11 is 0. The summed E-state index contributed by atoms with van der Waals surface area (Å²) in [6.45, 7) is 6.11. The average Bonchev–Trinajstić information content (AvgIpc) is 2.45. The minimum atomic E-state index is -0.516. The monoisotopic (exact) mass is 286 g/mol. The number of Topliss-reactive ketones (excluding diaryl/α,β-unsaturated/α-hetero) is 1. The number of ether oxygens (including phenoxy) is 1. The fourth-order valence-electron chi connectivity index (χ4n) is 2.30. The van der Waals surface area contributed by atoms with Gasteiger partial charge in [0.05, 0.1) is 5.56 Å². The first-order valence-electron chi connectivity index (χ1n) is 7.00. The number of carbonyl (C=O) groups is 1. The van der Waals surface area contributed by atoms with Gasteiger partial charge in [-0.25, -0.2) is 4.39 Å². The third kappa shape index (κ3) is 3.69. The van der Waals surface area contributed by atoms with E-state index in [0.29, 0.717) is 11.7 Å². The second kappa shape index (κ2) is 6.53. The minimum absolute atomic E-state index is 0.0630. The van der Waals surface area contributed by atoms with E-state index < -0.39 is 5.82 Å². The molecule has 0 aromatic heterocycles. The van der Waals surface area contributed by atoms with E-state index in [1.807, 2.05) is 25.1 Å². The molecule has 0 atom stereocenters. The number of hydrogen-bond donors (Lipinski definition) is 0. The van der Waals surface area contributed by atoms with Gasteiger partial charge in [-0.05, 0) is 48.2 Å². The number of halogens is 1. The van der Waals surface area contributed by atoms with Crippen molar-refractivity contribution in [2.45, 2.75) is 26.7 Å². The number of rotatable bonds is 5. The third-order valence-electron chi connectivity index (χ3n) is 3.41. The molecule has 0 aliphatic carbocycles. The highest BCUT2D eigenvalue weighted by Crippen LogP contribution is 2.23. The molecule has 110 valence electrons. The van der Waals surface area contributed by atoms with E-state index in [4.69, 9.17) is 4.74 Å². The van der Waals surface area contributed by atoms with Crippen LogP contribution < -0.4 is 4.74 Å². The van der Waals surface area contributed by atoms with Crippen molar-refractivity contribution in [2.24, 2.45) is 0 Å². The first-order valence-corrected chi connectivity index (χ1v) is 7.00. The molecule has 0 radical (unpaired) electrons. The molecule has 2 rings (SSSR count). The lowest BCUT2D eigenvalue weighted by Gasteiger charge is -2.12. The van der Waals surface area contributed by atoms with Gasteiger partial charge in [-0.1, -0.05) is 32.0 Å². The van der Waals surface area contributed by atoms with E-state index in [0.717, 1.165) is 5.56 Å². The average molecular weight is 286 g/mol. The standard InChI is InChI=1S/C18H19FO2/c1-12(2)15-9-8-14(10-13(15)3)21-11-18(20)16-6-4-5-7-17(16)19/h4-10,12H,11H2,1-3H3. The van der Waals surface area contributed by atoms with Crippen LogP contribution in [0.5, 0.6) is 5.75 Å². The van der Waals surface area contributed by atoms with Crippen LogP contribution in [-0.2, 0) is 0 Å². The van der Waals surface area contributed by atoms with Crippen molar-refractivity contribution >= 4 is 5.78 Å². The molecule has 0 aliphatic rings. The normalized spacial score (nSPS) is 10.7. The summed E-state index contributed by atoms with van der Waals surface area (Å²) in [7, 11) is 0. The highest BCUT2D eigenvalue weighted by Gasteiger charge is 2.12. The highest BCUT2D eigenvalue weighted by atomic mass is 19.1. The van der Waals surface area contributed by atoms with Crippen LogP contribution in [0, 0.1) is 12.7 Å². The molecular formula is C18H19FO2. The van der Waals surface area contributed by atoms with Gasteiger partial charge >= 0.3 is 0 Å². The largest absolute Gasteiger partial charge is 0.485 e.